The molecule has 0 heterocycles. The van der Waals surface area contributed by atoms with Crippen LogP contribution in [0.3, 0.4) is 0 Å². The molecule has 98 valence electrons. The van der Waals surface area contributed by atoms with E-state index in [1.165, 1.54) is 25.7 Å². The Labute approximate surface area is 109 Å². The van der Waals surface area contributed by atoms with Gasteiger partial charge in [0.2, 0.25) is 5.91 Å². The smallest absolute Gasteiger partial charge is 0.223 e. The molecule has 3 nitrogen and oxygen atoms in total. The monoisotopic (exact) mass is 257 g/mol. The van der Waals surface area contributed by atoms with Gasteiger partial charge < -0.3 is 10.1 Å². The summed E-state index contributed by atoms with van der Waals surface area (Å²) in [5, 5.41) is 2.95. The fourth-order valence-corrected chi connectivity index (χ4v) is 3.41. The fourth-order valence-electron chi connectivity index (χ4n) is 3.30. The standard InChI is InChI=1S/C13H23NO2S/c1-16-11-8-13(9-11)4-2-10(3-5-13)12(15)14-6-7-17/h10-11,17H,2-9H2,1H3,(H,14,15). The highest BCUT2D eigenvalue weighted by molar-refractivity contribution is 7.80. The lowest BCUT2D eigenvalue weighted by molar-refractivity contribution is -0.129. The summed E-state index contributed by atoms with van der Waals surface area (Å²) in [7, 11) is 1.80. The Bertz CT molecular complexity index is 267. The summed E-state index contributed by atoms with van der Waals surface area (Å²) in [6.45, 7) is 0.690. The molecule has 2 aliphatic rings. The molecule has 0 aromatic carbocycles. The molecule has 4 heteroatoms. The van der Waals surface area contributed by atoms with Gasteiger partial charge in [-0.1, -0.05) is 0 Å². The number of carbonyl (C=O) groups excluding carboxylic acids is 1. The van der Waals surface area contributed by atoms with Gasteiger partial charge >= 0.3 is 0 Å². The van der Waals surface area contributed by atoms with E-state index < -0.39 is 0 Å². The molecule has 1 spiro atoms. The van der Waals surface area contributed by atoms with Gasteiger partial charge in [0.1, 0.15) is 0 Å². The summed E-state index contributed by atoms with van der Waals surface area (Å²) in [6.07, 6.45) is 7.38. The van der Waals surface area contributed by atoms with E-state index in [2.05, 4.69) is 17.9 Å². The molecule has 0 atom stereocenters. The van der Waals surface area contributed by atoms with E-state index in [4.69, 9.17) is 4.74 Å². The van der Waals surface area contributed by atoms with Gasteiger partial charge in [0, 0.05) is 25.3 Å². The maximum atomic E-state index is 11.8. The van der Waals surface area contributed by atoms with Crippen molar-refractivity contribution in [2.45, 2.75) is 44.6 Å². The van der Waals surface area contributed by atoms with Crippen LogP contribution in [0.25, 0.3) is 0 Å². The summed E-state index contributed by atoms with van der Waals surface area (Å²) < 4.78 is 5.35. The second-order valence-electron chi connectivity index (χ2n) is 5.55. The molecule has 17 heavy (non-hydrogen) atoms. The zero-order chi connectivity index (χ0) is 12.3. The van der Waals surface area contributed by atoms with E-state index in [9.17, 15) is 4.79 Å². The highest BCUT2D eigenvalue weighted by Crippen LogP contribution is 2.53. The van der Waals surface area contributed by atoms with Crippen molar-refractivity contribution in [1.82, 2.24) is 5.32 Å². The lowest BCUT2D eigenvalue weighted by Gasteiger charge is -2.50. The van der Waals surface area contributed by atoms with E-state index in [1.807, 2.05) is 0 Å². The molecule has 1 N–H and O–H groups in total. The van der Waals surface area contributed by atoms with Crippen LogP contribution in [-0.4, -0.2) is 31.4 Å². The van der Waals surface area contributed by atoms with Crippen molar-refractivity contribution >= 4 is 18.5 Å². The van der Waals surface area contributed by atoms with Crippen LogP contribution in [0.4, 0.5) is 0 Å². The maximum absolute atomic E-state index is 11.8. The third-order valence-corrected chi connectivity index (χ3v) is 4.71. The summed E-state index contributed by atoms with van der Waals surface area (Å²) in [4.78, 5) is 11.8. The largest absolute Gasteiger partial charge is 0.381 e. The van der Waals surface area contributed by atoms with Crippen molar-refractivity contribution < 1.29 is 9.53 Å². The third kappa shape index (κ3) is 2.97. The number of nitrogens with one attached hydrogen (secondary N) is 1. The molecule has 1 amide bonds. The normalized spacial score (nSPS) is 36.6. The third-order valence-electron chi connectivity index (χ3n) is 4.48. The number of hydrogen-bond acceptors (Lipinski definition) is 3. The summed E-state index contributed by atoms with van der Waals surface area (Å²) >= 11 is 4.10. The predicted molar refractivity (Wildman–Crippen MR) is 71.3 cm³/mol. The lowest BCUT2D eigenvalue weighted by Crippen LogP contribution is -2.46. The van der Waals surface area contributed by atoms with Crippen molar-refractivity contribution in [3.8, 4) is 0 Å². The van der Waals surface area contributed by atoms with Crippen molar-refractivity contribution in [3.05, 3.63) is 0 Å². The Kier molecular flexibility index (Phi) is 4.36. The first-order chi connectivity index (χ1) is 8.19. The van der Waals surface area contributed by atoms with Crippen LogP contribution in [0.5, 0.6) is 0 Å². The second-order valence-corrected chi connectivity index (χ2v) is 6.00. The van der Waals surface area contributed by atoms with Gasteiger partial charge in [-0.2, -0.15) is 12.6 Å². The summed E-state index contributed by atoms with van der Waals surface area (Å²) in [6, 6.07) is 0. The second kappa shape index (κ2) is 5.61. The van der Waals surface area contributed by atoms with Gasteiger partial charge in [0.25, 0.3) is 0 Å². The van der Waals surface area contributed by atoms with E-state index in [1.54, 1.807) is 7.11 Å². The number of carbonyl (C=O) groups is 1. The number of methoxy groups -OCH3 is 1. The molecule has 0 saturated heterocycles. The van der Waals surface area contributed by atoms with Crippen molar-refractivity contribution in [3.63, 3.8) is 0 Å². The number of hydrogen-bond donors (Lipinski definition) is 2. The predicted octanol–water partition coefficient (Wildman–Crippen LogP) is 2.02. The van der Waals surface area contributed by atoms with Crippen LogP contribution >= 0.6 is 12.6 Å². The zero-order valence-electron chi connectivity index (χ0n) is 10.6. The molecule has 0 bridgehead atoms. The molecule has 0 aromatic rings. The first-order valence-electron chi connectivity index (χ1n) is 6.60. The molecular formula is C13H23NO2S. The van der Waals surface area contributed by atoms with Gasteiger partial charge in [0.15, 0.2) is 0 Å². The number of rotatable bonds is 4. The highest BCUT2D eigenvalue weighted by atomic mass is 32.1. The van der Waals surface area contributed by atoms with E-state index in [-0.39, 0.29) is 11.8 Å². The topological polar surface area (TPSA) is 38.3 Å². The average Bonchev–Trinajstić information content (AvgIpc) is 2.33. The van der Waals surface area contributed by atoms with Crippen molar-refractivity contribution in [2.24, 2.45) is 11.3 Å². The van der Waals surface area contributed by atoms with Crippen LogP contribution < -0.4 is 5.32 Å². The molecule has 0 radical (unpaired) electrons. The maximum Gasteiger partial charge on any atom is 0.223 e. The SMILES string of the molecule is COC1CC2(CCC(C(=O)NCCS)CC2)C1. The quantitative estimate of drug-likeness (QED) is 0.756. The van der Waals surface area contributed by atoms with Crippen LogP contribution in [0, 0.1) is 11.3 Å². The molecule has 2 fully saturated rings. The average molecular weight is 257 g/mol. The Balaban J connectivity index is 1.73. The Hall–Kier alpha value is -0.220. The number of amides is 1. The van der Waals surface area contributed by atoms with E-state index in [0.29, 0.717) is 18.1 Å². The van der Waals surface area contributed by atoms with Gasteiger partial charge in [-0.3, -0.25) is 4.79 Å². The fraction of sp³-hybridized carbons (Fsp3) is 0.923. The van der Waals surface area contributed by atoms with Crippen LogP contribution in [0.15, 0.2) is 0 Å². The number of thiol groups is 1. The minimum atomic E-state index is 0.233. The van der Waals surface area contributed by atoms with Gasteiger partial charge in [0.05, 0.1) is 6.10 Å². The Morgan fingerprint density at radius 2 is 2.06 bits per heavy atom. The first-order valence-corrected chi connectivity index (χ1v) is 7.24. The minimum absolute atomic E-state index is 0.233. The van der Waals surface area contributed by atoms with Crippen molar-refractivity contribution in [1.29, 1.82) is 0 Å². The molecular weight excluding hydrogens is 234 g/mol. The lowest BCUT2D eigenvalue weighted by atomic mass is 9.57. The van der Waals surface area contributed by atoms with E-state index >= 15 is 0 Å². The highest BCUT2D eigenvalue weighted by Gasteiger charge is 2.46. The first kappa shape index (κ1) is 13.2. The number of ether oxygens (including phenoxy) is 1. The van der Waals surface area contributed by atoms with Gasteiger partial charge in [-0.15, -0.1) is 0 Å². The molecule has 2 rings (SSSR count). The van der Waals surface area contributed by atoms with Crippen molar-refractivity contribution in [2.75, 3.05) is 19.4 Å². The Morgan fingerprint density at radius 3 is 2.59 bits per heavy atom. The van der Waals surface area contributed by atoms with Gasteiger partial charge in [-0.25, -0.2) is 0 Å². The molecule has 0 aliphatic heterocycles. The Morgan fingerprint density at radius 1 is 1.41 bits per heavy atom. The van der Waals surface area contributed by atoms with Crippen LogP contribution in [0.2, 0.25) is 0 Å². The molecule has 0 unspecified atom stereocenters. The molecule has 0 aromatic heterocycles. The van der Waals surface area contributed by atoms with Crippen LogP contribution in [0.1, 0.15) is 38.5 Å². The molecule has 2 saturated carbocycles. The van der Waals surface area contributed by atoms with Gasteiger partial charge in [-0.05, 0) is 43.9 Å². The summed E-state index contributed by atoms with van der Waals surface area (Å²) in [5.41, 5.74) is 0.515. The minimum Gasteiger partial charge on any atom is -0.381 e. The zero-order valence-corrected chi connectivity index (χ0v) is 11.5. The van der Waals surface area contributed by atoms with E-state index in [0.717, 1.165) is 18.6 Å². The molecule has 2 aliphatic carbocycles. The van der Waals surface area contributed by atoms with Crippen LogP contribution in [-0.2, 0) is 9.53 Å². The summed E-state index contributed by atoms with van der Waals surface area (Å²) in [5.74, 6) is 1.19.